The van der Waals surface area contributed by atoms with Gasteiger partial charge in [0, 0.05) is 13.1 Å². The summed E-state index contributed by atoms with van der Waals surface area (Å²) in [5.41, 5.74) is 0.240. The van der Waals surface area contributed by atoms with Crippen LogP contribution in [0.3, 0.4) is 0 Å². The fourth-order valence-corrected chi connectivity index (χ4v) is 2.35. The van der Waals surface area contributed by atoms with E-state index in [2.05, 4.69) is 24.0 Å². The smallest absolute Gasteiger partial charge is 0.284 e. The number of rotatable bonds is 1. The number of aromatic nitrogens is 2. The first-order valence-corrected chi connectivity index (χ1v) is 5.46. The Kier molecular flexibility index (Phi) is 2.23. The van der Waals surface area contributed by atoms with Crippen LogP contribution in [-0.2, 0) is 0 Å². The lowest BCUT2D eigenvalue weighted by Crippen LogP contribution is -2.55. The van der Waals surface area contributed by atoms with Gasteiger partial charge in [0.15, 0.2) is 0 Å². The van der Waals surface area contributed by atoms with Crippen molar-refractivity contribution in [2.24, 2.45) is 5.41 Å². The summed E-state index contributed by atoms with van der Waals surface area (Å²) in [7, 11) is 0. The van der Waals surface area contributed by atoms with Crippen molar-refractivity contribution < 1.29 is 4.79 Å². The van der Waals surface area contributed by atoms with Crippen molar-refractivity contribution in [1.82, 2.24) is 15.1 Å². The van der Waals surface area contributed by atoms with Crippen molar-refractivity contribution in [2.75, 3.05) is 13.1 Å². The molecule has 1 aromatic heterocycles. The van der Waals surface area contributed by atoms with Crippen LogP contribution in [0, 0.1) is 5.41 Å². The summed E-state index contributed by atoms with van der Waals surface area (Å²) in [5.74, 6) is -0.0614. The molecule has 0 bridgehead atoms. The molecule has 0 saturated carbocycles. The molecule has 0 aliphatic carbocycles. The molecule has 1 aromatic rings. The third kappa shape index (κ3) is 1.74. The highest BCUT2D eigenvalue weighted by Crippen LogP contribution is 2.30. The average Bonchev–Trinajstić information content (AvgIpc) is 2.46. The second-order valence-electron chi connectivity index (χ2n) is 4.19. The Morgan fingerprint density at radius 2 is 2.14 bits per heavy atom. The Hall–Kier alpha value is -0.680. The van der Waals surface area contributed by atoms with Crippen molar-refractivity contribution in [2.45, 2.75) is 13.8 Å². The van der Waals surface area contributed by atoms with Gasteiger partial charge in [-0.15, -0.1) is 10.2 Å². The summed E-state index contributed by atoms with van der Waals surface area (Å²) >= 11 is 6.73. The van der Waals surface area contributed by atoms with Crippen LogP contribution in [-0.4, -0.2) is 34.1 Å². The summed E-state index contributed by atoms with van der Waals surface area (Å²) in [6, 6.07) is 0. The zero-order valence-corrected chi connectivity index (χ0v) is 9.52. The Morgan fingerprint density at radius 1 is 1.50 bits per heavy atom. The normalized spacial score (nSPS) is 19.2. The molecule has 2 heterocycles. The van der Waals surface area contributed by atoms with Gasteiger partial charge in [-0.05, 0) is 17.0 Å². The highest BCUT2D eigenvalue weighted by atomic mass is 35.5. The van der Waals surface area contributed by atoms with Gasteiger partial charge in [-0.2, -0.15) is 0 Å². The Bertz CT molecular complexity index is 368. The molecule has 6 heteroatoms. The van der Waals surface area contributed by atoms with E-state index < -0.39 is 0 Å². The molecule has 0 aromatic carbocycles. The van der Waals surface area contributed by atoms with Gasteiger partial charge in [-0.3, -0.25) is 4.79 Å². The molecule has 0 N–H and O–H groups in total. The Labute approximate surface area is 90.9 Å². The van der Waals surface area contributed by atoms with E-state index in [0.29, 0.717) is 9.47 Å². The molecular weight excluding hydrogens is 222 g/mol. The van der Waals surface area contributed by atoms with E-state index in [4.69, 9.17) is 11.6 Å². The van der Waals surface area contributed by atoms with E-state index in [-0.39, 0.29) is 11.3 Å². The quantitative estimate of drug-likeness (QED) is 0.739. The zero-order valence-electron chi connectivity index (χ0n) is 7.95. The third-order valence-corrected chi connectivity index (χ3v) is 3.12. The minimum atomic E-state index is -0.0614. The number of carbonyl (C=O) groups is 1. The maximum Gasteiger partial charge on any atom is 0.284 e. The van der Waals surface area contributed by atoms with Crippen molar-refractivity contribution >= 4 is 28.8 Å². The van der Waals surface area contributed by atoms with E-state index in [9.17, 15) is 4.79 Å². The van der Waals surface area contributed by atoms with Gasteiger partial charge >= 0.3 is 0 Å². The number of hydrogen-bond acceptors (Lipinski definition) is 4. The van der Waals surface area contributed by atoms with E-state index >= 15 is 0 Å². The van der Waals surface area contributed by atoms with Crippen molar-refractivity contribution in [3.8, 4) is 0 Å². The lowest BCUT2D eigenvalue weighted by Gasteiger charge is -2.45. The topological polar surface area (TPSA) is 46.1 Å². The summed E-state index contributed by atoms with van der Waals surface area (Å²) in [6.45, 7) is 5.82. The number of halogens is 1. The lowest BCUT2D eigenvalue weighted by atomic mass is 9.84. The molecule has 2 rings (SSSR count). The monoisotopic (exact) mass is 231 g/mol. The summed E-state index contributed by atoms with van der Waals surface area (Å²) in [6.07, 6.45) is 0. The molecule has 1 fully saturated rings. The van der Waals surface area contributed by atoms with E-state index in [1.165, 1.54) is 0 Å². The van der Waals surface area contributed by atoms with Crippen molar-refractivity contribution in [1.29, 1.82) is 0 Å². The highest BCUT2D eigenvalue weighted by molar-refractivity contribution is 7.17. The minimum absolute atomic E-state index is 0.0614. The maximum atomic E-state index is 11.7. The van der Waals surface area contributed by atoms with Crippen LogP contribution in [0.5, 0.6) is 0 Å². The van der Waals surface area contributed by atoms with Crippen LogP contribution in [0.15, 0.2) is 0 Å². The third-order valence-electron chi connectivity index (χ3n) is 2.11. The number of amides is 1. The molecule has 76 valence electrons. The molecule has 0 unspecified atom stereocenters. The first-order valence-electron chi connectivity index (χ1n) is 4.26. The van der Waals surface area contributed by atoms with E-state index in [0.717, 1.165) is 24.4 Å². The van der Waals surface area contributed by atoms with Gasteiger partial charge in [-0.1, -0.05) is 25.2 Å². The number of nitrogens with zero attached hydrogens (tertiary/aromatic N) is 3. The first-order chi connectivity index (χ1) is 6.48. The highest BCUT2D eigenvalue weighted by Gasteiger charge is 2.38. The minimum Gasteiger partial charge on any atom is -0.335 e. The maximum absolute atomic E-state index is 11.7. The lowest BCUT2D eigenvalue weighted by molar-refractivity contribution is 0.0235. The van der Waals surface area contributed by atoms with Crippen molar-refractivity contribution in [3.05, 3.63) is 9.47 Å². The second kappa shape index (κ2) is 3.17. The molecule has 0 atom stereocenters. The van der Waals surface area contributed by atoms with Gasteiger partial charge in [0.1, 0.15) is 0 Å². The Morgan fingerprint density at radius 3 is 2.57 bits per heavy atom. The van der Waals surface area contributed by atoms with Crippen LogP contribution in [0.2, 0.25) is 4.47 Å². The van der Waals surface area contributed by atoms with E-state index in [1.54, 1.807) is 4.90 Å². The second-order valence-corrected chi connectivity index (χ2v) is 5.75. The largest absolute Gasteiger partial charge is 0.335 e. The van der Waals surface area contributed by atoms with Gasteiger partial charge in [-0.25, -0.2) is 0 Å². The van der Waals surface area contributed by atoms with E-state index in [1.807, 2.05) is 0 Å². The summed E-state index contributed by atoms with van der Waals surface area (Å²) in [5, 5.41) is 7.69. The predicted molar refractivity (Wildman–Crippen MR) is 54.6 cm³/mol. The number of carbonyl (C=O) groups excluding carboxylic acids is 1. The molecule has 14 heavy (non-hydrogen) atoms. The van der Waals surface area contributed by atoms with Crippen LogP contribution in [0.25, 0.3) is 0 Å². The predicted octanol–water partition coefficient (Wildman–Crippen LogP) is 1.67. The standard InChI is InChI=1S/C8H10ClN3OS/c1-8(2)3-12(4-8)6(13)5-10-11-7(9)14-5/h3-4H2,1-2H3. The van der Waals surface area contributed by atoms with Gasteiger partial charge in [0.05, 0.1) is 0 Å². The molecule has 1 amide bonds. The number of likely N-dealkylation sites (tertiary alicyclic amines) is 1. The molecule has 0 radical (unpaired) electrons. The van der Waals surface area contributed by atoms with Crippen molar-refractivity contribution in [3.63, 3.8) is 0 Å². The van der Waals surface area contributed by atoms with Gasteiger partial charge in [0.2, 0.25) is 9.47 Å². The van der Waals surface area contributed by atoms with Crippen LogP contribution in [0.4, 0.5) is 0 Å². The molecule has 1 aliphatic heterocycles. The molecule has 0 spiro atoms. The summed E-state index contributed by atoms with van der Waals surface area (Å²) < 4.78 is 0.313. The van der Waals surface area contributed by atoms with Gasteiger partial charge in [0.25, 0.3) is 5.91 Å². The average molecular weight is 232 g/mol. The van der Waals surface area contributed by atoms with Gasteiger partial charge < -0.3 is 4.90 Å². The first kappa shape index (κ1) is 9.86. The zero-order chi connectivity index (χ0) is 10.3. The van der Waals surface area contributed by atoms with Crippen LogP contribution in [0.1, 0.15) is 23.6 Å². The summed E-state index contributed by atoms with van der Waals surface area (Å²) in [4.78, 5) is 13.5. The molecule has 1 aliphatic rings. The molecule has 1 saturated heterocycles. The molecular formula is C8H10ClN3OS. The fraction of sp³-hybridized carbons (Fsp3) is 0.625. The van der Waals surface area contributed by atoms with Crippen LogP contribution < -0.4 is 0 Å². The molecule has 4 nitrogen and oxygen atoms in total. The number of hydrogen-bond donors (Lipinski definition) is 0. The van der Waals surface area contributed by atoms with Crippen LogP contribution >= 0.6 is 22.9 Å². The Balaban J connectivity index is 2.04. The SMILES string of the molecule is CC1(C)CN(C(=O)c2nnc(Cl)s2)C1. The fourth-order valence-electron chi connectivity index (χ4n) is 1.56.